The number of hydrogen-bond acceptors (Lipinski definition) is 6. The van der Waals surface area contributed by atoms with Crippen LogP contribution in [0.15, 0.2) is 155 Å². The van der Waals surface area contributed by atoms with Crippen LogP contribution in [0.2, 0.25) is 0 Å². The van der Waals surface area contributed by atoms with Gasteiger partial charge in [-0.25, -0.2) is 0 Å². The molecule has 0 saturated heterocycles. The molecular formula is C56H60O4S2. The lowest BCUT2D eigenvalue weighted by Crippen LogP contribution is -2.28. The second-order valence-corrected chi connectivity index (χ2v) is 20.8. The van der Waals surface area contributed by atoms with E-state index in [2.05, 4.69) is 175 Å². The summed E-state index contributed by atoms with van der Waals surface area (Å²) in [6, 6.07) is 52.5. The Balaban J connectivity index is 1.04. The van der Waals surface area contributed by atoms with Gasteiger partial charge in [-0.3, -0.25) is 0 Å². The van der Waals surface area contributed by atoms with Gasteiger partial charge in [-0.15, -0.1) is 23.5 Å². The monoisotopic (exact) mass is 860 g/mol. The second-order valence-electron chi connectivity index (χ2n) is 17.9. The fourth-order valence-electron chi connectivity index (χ4n) is 8.90. The summed E-state index contributed by atoms with van der Waals surface area (Å²) in [5.74, 6) is 2.07. The maximum Gasteiger partial charge on any atom is 0.120 e. The third kappa shape index (κ3) is 9.17. The molecule has 0 bridgehead atoms. The van der Waals surface area contributed by atoms with E-state index in [0.29, 0.717) is 5.75 Å². The van der Waals surface area contributed by atoms with Crippen LogP contribution in [-0.2, 0) is 5.41 Å². The number of benzene rings is 7. The Bertz CT molecular complexity index is 2600. The van der Waals surface area contributed by atoms with Gasteiger partial charge in [0.15, 0.2) is 0 Å². The zero-order chi connectivity index (χ0) is 43.5. The minimum Gasteiger partial charge on any atom is -0.491 e. The van der Waals surface area contributed by atoms with E-state index in [1.807, 2.05) is 23.9 Å². The van der Waals surface area contributed by atoms with E-state index in [1.165, 1.54) is 38.3 Å². The molecule has 2 N–H and O–H groups in total. The van der Waals surface area contributed by atoms with Crippen LogP contribution >= 0.6 is 23.5 Å². The van der Waals surface area contributed by atoms with Gasteiger partial charge in [0.1, 0.15) is 24.7 Å². The van der Waals surface area contributed by atoms with Gasteiger partial charge in [-0.05, 0) is 134 Å². The first-order valence-electron chi connectivity index (χ1n) is 22.2. The van der Waals surface area contributed by atoms with Gasteiger partial charge in [0.2, 0.25) is 0 Å². The molecule has 62 heavy (non-hydrogen) atoms. The fourth-order valence-corrected chi connectivity index (χ4v) is 10.8. The predicted molar refractivity (Wildman–Crippen MR) is 262 cm³/mol. The van der Waals surface area contributed by atoms with Gasteiger partial charge in [0.25, 0.3) is 0 Å². The van der Waals surface area contributed by atoms with E-state index < -0.39 is 17.6 Å². The number of aliphatic hydroxyl groups excluding tert-OH is 2. The molecule has 0 heterocycles. The molecule has 0 aliphatic heterocycles. The zero-order valence-corrected chi connectivity index (χ0v) is 38.6. The van der Waals surface area contributed by atoms with E-state index in [9.17, 15) is 10.2 Å². The van der Waals surface area contributed by atoms with Gasteiger partial charge in [-0.1, -0.05) is 139 Å². The van der Waals surface area contributed by atoms with Crippen LogP contribution in [0, 0.1) is 5.41 Å². The summed E-state index contributed by atoms with van der Waals surface area (Å²) in [7, 11) is 0. The van der Waals surface area contributed by atoms with E-state index in [0.717, 1.165) is 63.6 Å². The third-order valence-corrected chi connectivity index (χ3v) is 15.8. The minimum atomic E-state index is -0.601. The van der Waals surface area contributed by atoms with E-state index in [-0.39, 0.29) is 23.4 Å². The Kier molecular flexibility index (Phi) is 13.1. The van der Waals surface area contributed by atoms with Crippen LogP contribution in [-0.4, -0.2) is 46.1 Å². The van der Waals surface area contributed by atoms with Crippen molar-refractivity contribution in [1.82, 2.24) is 0 Å². The lowest BCUT2D eigenvalue weighted by atomic mass is 9.67. The molecule has 320 valence electrons. The van der Waals surface area contributed by atoms with Crippen molar-refractivity contribution in [2.75, 3.05) is 19.0 Å². The highest BCUT2D eigenvalue weighted by Crippen LogP contribution is 2.56. The van der Waals surface area contributed by atoms with Crippen molar-refractivity contribution in [1.29, 1.82) is 0 Å². The summed E-state index contributed by atoms with van der Waals surface area (Å²) in [6.45, 7) is 13.9. The molecule has 0 aromatic heterocycles. The van der Waals surface area contributed by atoms with Crippen molar-refractivity contribution < 1.29 is 19.7 Å². The number of thioether (sulfide) groups is 2. The topological polar surface area (TPSA) is 58.9 Å². The summed E-state index contributed by atoms with van der Waals surface area (Å²) in [5.41, 5.74) is 6.99. The van der Waals surface area contributed by atoms with Crippen LogP contribution in [0.4, 0.5) is 0 Å². The number of rotatable bonds is 18. The fraction of sp³-hybridized carbons (Fsp3) is 0.321. The maximum absolute atomic E-state index is 10.9. The first-order chi connectivity index (χ1) is 29.9. The van der Waals surface area contributed by atoms with Crippen molar-refractivity contribution in [3.8, 4) is 22.6 Å². The molecule has 0 saturated carbocycles. The third-order valence-electron chi connectivity index (χ3n) is 13.3. The minimum absolute atomic E-state index is 0.113. The van der Waals surface area contributed by atoms with Crippen LogP contribution in [0.5, 0.6) is 11.5 Å². The second kappa shape index (κ2) is 18.6. The summed E-state index contributed by atoms with van der Waals surface area (Å²) in [6.07, 6.45) is 2.79. The van der Waals surface area contributed by atoms with Gasteiger partial charge in [-0.2, -0.15) is 0 Å². The quantitative estimate of drug-likeness (QED) is 0.0838. The molecule has 1 aliphatic carbocycles. The van der Waals surface area contributed by atoms with Crippen molar-refractivity contribution in [2.45, 2.75) is 99.4 Å². The number of hydrogen-bond donors (Lipinski definition) is 2. The smallest absolute Gasteiger partial charge is 0.120 e. The van der Waals surface area contributed by atoms with E-state index in [4.69, 9.17) is 9.47 Å². The molecule has 6 heteroatoms. The van der Waals surface area contributed by atoms with E-state index in [1.54, 1.807) is 11.8 Å². The van der Waals surface area contributed by atoms with Crippen molar-refractivity contribution >= 4 is 45.1 Å². The maximum atomic E-state index is 10.9. The normalized spacial score (nSPS) is 14.4. The highest BCUT2D eigenvalue weighted by atomic mass is 32.2. The molecule has 0 fully saturated rings. The molecule has 0 amide bonds. The van der Waals surface area contributed by atoms with E-state index >= 15 is 0 Å². The molecule has 1 aliphatic rings. The Morgan fingerprint density at radius 1 is 0.532 bits per heavy atom. The molecule has 0 spiro atoms. The number of ether oxygens (including phenoxy) is 2. The molecule has 7 aromatic rings. The van der Waals surface area contributed by atoms with Gasteiger partial charge in [0, 0.05) is 20.3 Å². The first kappa shape index (κ1) is 43.9. The Morgan fingerprint density at radius 3 is 1.52 bits per heavy atom. The molecule has 2 unspecified atom stereocenters. The summed E-state index contributed by atoms with van der Waals surface area (Å²) in [5, 5.41) is 26.2. The molecule has 8 rings (SSSR count). The zero-order valence-electron chi connectivity index (χ0n) is 37.0. The average Bonchev–Trinajstić information content (AvgIpc) is 3.60. The first-order valence-corrected chi connectivity index (χ1v) is 24.1. The van der Waals surface area contributed by atoms with Crippen LogP contribution < -0.4 is 9.47 Å². The van der Waals surface area contributed by atoms with Crippen molar-refractivity contribution in [3.63, 3.8) is 0 Å². The molecule has 7 aromatic carbocycles. The predicted octanol–water partition coefficient (Wildman–Crippen LogP) is 14.1. The summed E-state index contributed by atoms with van der Waals surface area (Å²) < 4.78 is 12.6. The van der Waals surface area contributed by atoms with Gasteiger partial charge in [0.05, 0.1) is 17.6 Å². The highest BCUT2D eigenvalue weighted by molar-refractivity contribution is 8.00. The molecular weight excluding hydrogens is 801 g/mol. The standard InChI is InChI=1S/C56H60O4S2/c1-7-54(4,5)62-49-28-26-48(27-29-49)61-37-45(58)36-60-47-25-21-39-31-43(23-19-41(39)33-47)56(52-16-12-10-14-50(52)51-15-11-13-17-53(51)56)42-22-18-40-32-46(24-20-38(40)30-42)59-35-44(57)34-55(6,8-2)9-3/h10-33,44-45,57-58H,7-9,34-37H2,1-6H3. The number of aliphatic hydroxyl groups is 2. The Labute approximate surface area is 377 Å². The molecule has 2 atom stereocenters. The Hall–Kier alpha value is -4.72. The lowest BCUT2D eigenvalue weighted by Gasteiger charge is -2.34. The average molecular weight is 861 g/mol. The lowest BCUT2D eigenvalue weighted by molar-refractivity contribution is 0.0578. The van der Waals surface area contributed by atoms with Crippen LogP contribution in [0.1, 0.15) is 89.5 Å². The highest BCUT2D eigenvalue weighted by Gasteiger charge is 2.46. The van der Waals surface area contributed by atoms with Crippen LogP contribution in [0.25, 0.3) is 32.7 Å². The van der Waals surface area contributed by atoms with Gasteiger partial charge < -0.3 is 19.7 Å². The Morgan fingerprint density at radius 2 is 1.00 bits per heavy atom. The van der Waals surface area contributed by atoms with Crippen molar-refractivity contribution in [2.24, 2.45) is 5.41 Å². The molecule has 0 radical (unpaired) electrons. The molecule has 4 nitrogen and oxygen atoms in total. The SMILES string of the molecule is CCC(C)(CC)CC(O)COc1ccc2cc(C3(c4ccc5cc(OCC(O)CSc6ccc(SC(C)(C)CC)cc6)ccc5c4)c4ccccc4-c4ccccc43)ccc2c1. The summed E-state index contributed by atoms with van der Waals surface area (Å²) in [4.78, 5) is 2.41. The summed E-state index contributed by atoms with van der Waals surface area (Å²) >= 11 is 3.56. The van der Waals surface area contributed by atoms with Crippen molar-refractivity contribution in [3.05, 3.63) is 168 Å². The van der Waals surface area contributed by atoms with Crippen LogP contribution in [0.3, 0.4) is 0 Å². The largest absolute Gasteiger partial charge is 0.491 e. The number of fused-ring (bicyclic) bond motifs is 5. The van der Waals surface area contributed by atoms with Gasteiger partial charge >= 0.3 is 0 Å².